The van der Waals surface area contributed by atoms with E-state index in [1.165, 1.54) is 18.6 Å². The summed E-state index contributed by atoms with van der Waals surface area (Å²) in [7, 11) is 0. The van der Waals surface area contributed by atoms with Crippen molar-refractivity contribution in [1.82, 2.24) is 10.2 Å². The minimum absolute atomic E-state index is 0. The van der Waals surface area contributed by atoms with Crippen molar-refractivity contribution in [1.29, 1.82) is 0 Å². The fourth-order valence-electron chi connectivity index (χ4n) is 3.12. The lowest BCUT2D eigenvalue weighted by Gasteiger charge is -2.24. The lowest BCUT2D eigenvalue weighted by molar-refractivity contribution is -0.0499. The zero-order valence-corrected chi connectivity index (χ0v) is 12.8. The van der Waals surface area contributed by atoms with Crippen LogP contribution in [0.5, 0.6) is 5.75 Å². The fraction of sp³-hybridized carbons (Fsp3) is 0.533. The van der Waals surface area contributed by atoms with E-state index in [2.05, 4.69) is 10.1 Å². The zero-order valence-electron chi connectivity index (χ0n) is 12.0. The molecule has 0 spiro atoms. The van der Waals surface area contributed by atoms with Crippen LogP contribution in [0.25, 0.3) is 0 Å². The topological polar surface area (TPSA) is 41.6 Å². The van der Waals surface area contributed by atoms with Crippen molar-refractivity contribution in [3.05, 3.63) is 29.8 Å². The molecule has 2 saturated heterocycles. The number of benzene rings is 1. The molecule has 1 amide bonds. The molecule has 2 fully saturated rings. The standard InChI is InChI=1S/C15H18F2N2O2.ClH/c16-15(17)21-13-3-1-2-10(8-13)14(20)19-7-6-11-4-5-12(9-19)18-11;/h1-3,8,11-12,15,18H,4-7,9H2;1H/t11-,12+;/m1./s1. The van der Waals surface area contributed by atoms with E-state index in [-0.39, 0.29) is 24.1 Å². The molecule has 2 bridgehead atoms. The van der Waals surface area contributed by atoms with Gasteiger partial charge in [-0.1, -0.05) is 6.07 Å². The number of nitrogens with one attached hydrogen (secondary N) is 1. The number of hydrogen-bond acceptors (Lipinski definition) is 3. The van der Waals surface area contributed by atoms with Gasteiger partial charge in [-0.05, 0) is 37.5 Å². The van der Waals surface area contributed by atoms with Crippen LogP contribution in [-0.4, -0.2) is 42.6 Å². The van der Waals surface area contributed by atoms with Gasteiger partial charge in [0.25, 0.3) is 5.91 Å². The van der Waals surface area contributed by atoms with E-state index in [4.69, 9.17) is 0 Å². The second-order valence-electron chi connectivity index (χ2n) is 5.58. The van der Waals surface area contributed by atoms with E-state index in [1.807, 2.05) is 0 Å². The maximum atomic E-state index is 12.5. The number of amides is 1. The van der Waals surface area contributed by atoms with Gasteiger partial charge >= 0.3 is 6.61 Å². The van der Waals surface area contributed by atoms with E-state index in [0.717, 1.165) is 12.8 Å². The van der Waals surface area contributed by atoms with Crippen LogP contribution in [0.15, 0.2) is 24.3 Å². The maximum Gasteiger partial charge on any atom is 0.387 e. The minimum Gasteiger partial charge on any atom is -0.435 e. The largest absolute Gasteiger partial charge is 0.435 e. The average molecular weight is 333 g/mol. The molecule has 122 valence electrons. The molecular formula is C15H19ClF2N2O2. The minimum atomic E-state index is -2.88. The molecule has 2 atom stereocenters. The molecule has 2 aliphatic rings. The van der Waals surface area contributed by atoms with E-state index < -0.39 is 6.61 Å². The Morgan fingerprint density at radius 2 is 2.05 bits per heavy atom. The summed E-state index contributed by atoms with van der Waals surface area (Å²) < 4.78 is 28.8. The van der Waals surface area contributed by atoms with Gasteiger partial charge in [0.05, 0.1) is 0 Å². The van der Waals surface area contributed by atoms with Crippen molar-refractivity contribution in [2.75, 3.05) is 13.1 Å². The molecule has 1 aromatic carbocycles. The molecule has 1 aromatic rings. The van der Waals surface area contributed by atoms with E-state index in [1.54, 1.807) is 17.0 Å². The molecular weight excluding hydrogens is 314 g/mol. The summed E-state index contributed by atoms with van der Waals surface area (Å²) in [5, 5.41) is 3.51. The third-order valence-corrected chi connectivity index (χ3v) is 4.12. The Bertz CT molecular complexity index is 530. The van der Waals surface area contributed by atoms with Gasteiger partial charge in [-0.25, -0.2) is 0 Å². The number of nitrogens with zero attached hydrogens (tertiary/aromatic N) is 1. The molecule has 0 radical (unpaired) electrons. The molecule has 2 aliphatic heterocycles. The van der Waals surface area contributed by atoms with Crippen LogP contribution in [0, 0.1) is 0 Å². The third-order valence-electron chi connectivity index (χ3n) is 4.12. The third kappa shape index (κ3) is 3.87. The molecule has 0 aromatic heterocycles. The number of fused-ring (bicyclic) bond motifs is 2. The Balaban J connectivity index is 0.00000176. The number of ether oxygens (including phenoxy) is 1. The average Bonchev–Trinajstić information content (AvgIpc) is 2.77. The van der Waals surface area contributed by atoms with Crippen LogP contribution < -0.4 is 10.1 Å². The second kappa shape index (κ2) is 7.24. The smallest absolute Gasteiger partial charge is 0.387 e. The van der Waals surface area contributed by atoms with Gasteiger partial charge < -0.3 is 15.0 Å². The summed E-state index contributed by atoms with van der Waals surface area (Å²) in [6, 6.07) is 6.85. The second-order valence-corrected chi connectivity index (χ2v) is 5.58. The normalized spacial score (nSPS) is 23.9. The van der Waals surface area contributed by atoms with Gasteiger partial charge in [0.2, 0.25) is 0 Å². The molecule has 22 heavy (non-hydrogen) atoms. The summed E-state index contributed by atoms with van der Waals surface area (Å²) >= 11 is 0. The van der Waals surface area contributed by atoms with Crippen LogP contribution in [0.3, 0.4) is 0 Å². The van der Waals surface area contributed by atoms with Crippen LogP contribution in [0.4, 0.5) is 8.78 Å². The molecule has 2 heterocycles. The van der Waals surface area contributed by atoms with Crippen molar-refractivity contribution >= 4 is 18.3 Å². The van der Waals surface area contributed by atoms with Crippen molar-refractivity contribution < 1.29 is 18.3 Å². The zero-order chi connectivity index (χ0) is 14.8. The summed E-state index contributed by atoms with van der Waals surface area (Å²) in [5.41, 5.74) is 0.394. The molecule has 4 nitrogen and oxygen atoms in total. The number of likely N-dealkylation sites (tertiary alicyclic amines) is 1. The van der Waals surface area contributed by atoms with E-state index in [9.17, 15) is 13.6 Å². The van der Waals surface area contributed by atoms with Crippen LogP contribution in [0.2, 0.25) is 0 Å². The highest BCUT2D eigenvalue weighted by molar-refractivity contribution is 5.94. The predicted octanol–water partition coefficient (Wildman–Crippen LogP) is 2.68. The SMILES string of the molecule is Cl.O=C(c1cccc(OC(F)F)c1)N1CC[C@H]2CC[C@@H](C1)N2. The highest BCUT2D eigenvalue weighted by Crippen LogP contribution is 2.23. The van der Waals surface area contributed by atoms with Crippen molar-refractivity contribution in [2.24, 2.45) is 0 Å². The summed E-state index contributed by atoms with van der Waals surface area (Å²) in [6.45, 7) is -1.50. The van der Waals surface area contributed by atoms with Gasteiger partial charge in [0.1, 0.15) is 5.75 Å². The number of hydrogen-bond donors (Lipinski definition) is 1. The Kier molecular flexibility index (Phi) is 5.58. The maximum absolute atomic E-state index is 12.5. The van der Waals surface area contributed by atoms with E-state index in [0.29, 0.717) is 30.7 Å². The molecule has 7 heteroatoms. The number of carbonyl (C=O) groups excluding carboxylic acids is 1. The Morgan fingerprint density at radius 1 is 1.27 bits per heavy atom. The van der Waals surface area contributed by atoms with Crippen LogP contribution >= 0.6 is 12.4 Å². The molecule has 0 unspecified atom stereocenters. The Hall–Kier alpha value is -1.40. The number of halogens is 3. The first-order chi connectivity index (χ1) is 10.1. The number of rotatable bonds is 3. The monoisotopic (exact) mass is 332 g/mol. The van der Waals surface area contributed by atoms with Gasteiger partial charge in [-0.2, -0.15) is 8.78 Å². The molecule has 0 saturated carbocycles. The first-order valence-electron chi connectivity index (χ1n) is 7.22. The molecule has 1 N–H and O–H groups in total. The lowest BCUT2D eigenvalue weighted by atomic mass is 10.1. The summed E-state index contributed by atoms with van der Waals surface area (Å²) in [5.74, 6) is -0.102. The summed E-state index contributed by atoms with van der Waals surface area (Å²) in [6.07, 6.45) is 3.20. The fourth-order valence-corrected chi connectivity index (χ4v) is 3.12. The van der Waals surface area contributed by atoms with Crippen molar-refractivity contribution in [3.8, 4) is 5.75 Å². The molecule has 3 rings (SSSR count). The summed E-state index contributed by atoms with van der Waals surface area (Å²) in [4.78, 5) is 14.3. The van der Waals surface area contributed by atoms with Crippen LogP contribution in [0.1, 0.15) is 29.6 Å². The first kappa shape index (κ1) is 17.0. The Morgan fingerprint density at radius 3 is 2.82 bits per heavy atom. The lowest BCUT2D eigenvalue weighted by Crippen LogP contribution is -2.39. The highest BCUT2D eigenvalue weighted by Gasteiger charge is 2.31. The number of carbonyl (C=O) groups is 1. The van der Waals surface area contributed by atoms with Gasteiger partial charge in [-0.15, -0.1) is 12.4 Å². The van der Waals surface area contributed by atoms with Crippen molar-refractivity contribution in [3.63, 3.8) is 0 Å². The highest BCUT2D eigenvalue weighted by atomic mass is 35.5. The van der Waals surface area contributed by atoms with Crippen LogP contribution in [-0.2, 0) is 0 Å². The van der Waals surface area contributed by atoms with E-state index >= 15 is 0 Å². The van der Waals surface area contributed by atoms with Gasteiger partial charge in [0, 0.05) is 30.7 Å². The van der Waals surface area contributed by atoms with Gasteiger partial charge in [0.15, 0.2) is 0 Å². The quantitative estimate of drug-likeness (QED) is 0.925. The Labute approximate surface area is 134 Å². The molecule has 0 aliphatic carbocycles. The van der Waals surface area contributed by atoms with Gasteiger partial charge in [-0.3, -0.25) is 4.79 Å². The van der Waals surface area contributed by atoms with Crippen molar-refractivity contribution in [2.45, 2.75) is 38.0 Å². The first-order valence-corrected chi connectivity index (χ1v) is 7.22. The predicted molar refractivity (Wildman–Crippen MR) is 80.8 cm³/mol. The number of alkyl halides is 2.